The molecule has 1 aromatic carbocycles. The van der Waals surface area contributed by atoms with Crippen molar-refractivity contribution in [1.82, 2.24) is 19.5 Å². The second-order valence-corrected chi connectivity index (χ2v) is 8.27. The summed E-state index contributed by atoms with van der Waals surface area (Å²) in [6, 6.07) is 13.9. The number of hydrogen-bond acceptors (Lipinski definition) is 4. The molecule has 0 bridgehead atoms. The van der Waals surface area contributed by atoms with Crippen molar-refractivity contribution in [2.45, 2.75) is 37.8 Å². The molecule has 7 heteroatoms. The fourth-order valence-electron chi connectivity index (χ4n) is 4.30. The second kappa shape index (κ2) is 6.60. The first kappa shape index (κ1) is 17.2. The van der Waals surface area contributed by atoms with E-state index in [2.05, 4.69) is 22.5 Å². The third-order valence-corrected chi connectivity index (χ3v) is 6.59. The van der Waals surface area contributed by atoms with Crippen LogP contribution in [0.3, 0.4) is 0 Å². The van der Waals surface area contributed by atoms with Crippen LogP contribution in [-0.2, 0) is 16.9 Å². The average molecular weight is 392 g/mol. The molecule has 1 aliphatic rings. The standard InChI is InChI=1S/C21H20N4O2S/c26-18(23-21(9-4-5-10-21)16-6-2-1-3-7-16)13-25-19(27)17-12-15-8-11-28-20(15)24(17)14-22-25/h1-3,6-8,11-12,14H,4-5,9-10,13H2,(H,23,26). The molecule has 0 radical (unpaired) electrons. The number of carbonyl (C=O) groups excluding carboxylic acids is 1. The average Bonchev–Trinajstić information content (AvgIpc) is 3.42. The van der Waals surface area contributed by atoms with E-state index in [1.807, 2.05) is 35.7 Å². The minimum atomic E-state index is -0.344. The van der Waals surface area contributed by atoms with Crippen LogP contribution < -0.4 is 10.9 Å². The topological polar surface area (TPSA) is 68.4 Å². The van der Waals surface area contributed by atoms with E-state index in [4.69, 9.17) is 0 Å². The van der Waals surface area contributed by atoms with Crippen molar-refractivity contribution >= 4 is 33.0 Å². The molecule has 0 unspecified atom stereocenters. The molecule has 5 rings (SSSR count). The fraction of sp³-hybridized carbons (Fsp3) is 0.286. The maximum atomic E-state index is 12.8. The number of nitrogens with one attached hydrogen (secondary N) is 1. The number of hydrogen-bond donors (Lipinski definition) is 1. The van der Waals surface area contributed by atoms with Gasteiger partial charge in [-0.25, -0.2) is 4.68 Å². The van der Waals surface area contributed by atoms with Gasteiger partial charge in [0.25, 0.3) is 5.56 Å². The first-order valence-electron chi connectivity index (χ1n) is 9.47. The zero-order valence-electron chi connectivity index (χ0n) is 15.3. The maximum Gasteiger partial charge on any atom is 0.291 e. The molecule has 142 valence electrons. The SMILES string of the molecule is O=C(Cn1ncn2c(cc3ccsc32)c1=O)NC1(c2ccccc2)CCCC1. The lowest BCUT2D eigenvalue weighted by atomic mass is 9.88. The molecule has 1 fully saturated rings. The Morgan fingerprint density at radius 3 is 2.75 bits per heavy atom. The minimum Gasteiger partial charge on any atom is -0.345 e. The molecule has 0 aliphatic heterocycles. The van der Waals surface area contributed by atoms with E-state index in [-0.39, 0.29) is 23.6 Å². The summed E-state index contributed by atoms with van der Waals surface area (Å²) in [6.07, 6.45) is 5.62. The molecule has 28 heavy (non-hydrogen) atoms. The van der Waals surface area contributed by atoms with Gasteiger partial charge >= 0.3 is 0 Å². The first-order chi connectivity index (χ1) is 13.7. The molecule has 0 saturated heterocycles. The van der Waals surface area contributed by atoms with Gasteiger partial charge in [0.1, 0.15) is 23.2 Å². The molecule has 3 aromatic heterocycles. The Labute approximate surface area is 165 Å². The zero-order valence-corrected chi connectivity index (χ0v) is 16.1. The Bertz CT molecular complexity index is 1220. The molecular formula is C21H20N4O2S. The van der Waals surface area contributed by atoms with Crippen LogP contribution in [0.4, 0.5) is 0 Å². The lowest BCUT2D eigenvalue weighted by Crippen LogP contribution is -2.46. The molecule has 4 aromatic rings. The molecule has 3 heterocycles. The van der Waals surface area contributed by atoms with Gasteiger partial charge in [0.05, 0.1) is 5.54 Å². The van der Waals surface area contributed by atoms with Gasteiger partial charge in [-0.2, -0.15) is 5.10 Å². The number of thiophene rings is 1. The Morgan fingerprint density at radius 1 is 1.18 bits per heavy atom. The largest absolute Gasteiger partial charge is 0.345 e. The van der Waals surface area contributed by atoms with Crippen molar-refractivity contribution in [2.75, 3.05) is 0 Å². The van der Waals surface area contributed by atoms with Crippen LogP contribution in [0.2, 0.25) is 0 Å². The van der Waals surface area contributed by atoms with E-state index in [9.17, 15) is 9.59 Å². The van der Waals surface area contributed by atoms with Crippen LogP contribution >= 0.6 is 11.3 Å². The lowest BCUT2D eigenvalue weighted by Gasteiger charge is -2.31. The van der Waals surface area contributed by atoms with Gasteiger partial charge < -0.3 is 5.32 Å². The quantitative estimate of drug-likeness (QED) is 0.579. The van der Waals surface area contributed by atoms with E-state index in [0.29, 0.717) is 5.52 Å². The normalized spacial score (nSPS) is 16.0. The zero-order chi connectivity index (χ0) is 19.1. The van der Waals surface area contributed by atoms with Gasteiger partial charge in [0.2, 0.25) is 5.91 Å². The van der Waals surface area contributed by atoms with Crippen molar-refractivity contribution in [3.8, 4) is 0 Å². The molecule has 1 amide bonds. The number of aromatic nitrogens is 3. The molecule has 1 aliphatic carbocycles. The predicted octanol–water partition coefficient (Wildman–Crippen LogP) is 3.30. The van der Waals surface area contributed by atoms with E-state index in [1.165, 1.54) is 4.68 Å². The lowest BCUT2D eigenvalue weighted by molar-refractivity contribution is -0.124. The van der Waals surface area contributed by atoms with Gasteiger partial charge in [-0.3, -0.25) is 14.0 Å². The number of nitrogens with zero attached hydrogens (tertiary/aromatic N) is 3. The van der Waals surface area contributed by atoms with Crippen molar-refractivity contribution < 1.29 is 4.79 Å². The second-order valence-electron chi connectivity index (χ2n) is 7.38. The third-order valence-electron chi connectivity index (χ3n) is 5.66. The molecule has 0 atom stereocenters. The van der Waals surface area contributed by atoms with Gasteiger partial charge in [-0.15, -0.1) is 11.3 Å². The summed E-state index contributed by atoms with van der Waals surface area (Å²) < 4.78 is 3.04. The number of fused-ring (bicyclic) bond motifs is 3. The summed E-state index contributed by atoms with van der Waals surface area (Å²) in [4.78, 5) is 26.7. The van der Waals surface area contributed by atoms with Crippen molar-refractivity contribution in [3.05, 3.63) is 70.1 Å². The summed E-state index contributed by atoms with van der Waals surface area (Å²) >= 11 is 1.57. The summed E-state index contributed by atoms with van der Waals surface area (Å²) in [7, 11) is 0. The number of benzene rings is 1. The Balaban J connectivity index is 1.43. The first-order valence-corrected chi connectivity index (χ1v) is 10.4. The summed E-state index contributed by atoms with van der Waals surface area (Å²) in [6.45, 7) is -0.0806. The molecule has 0 spiro atoms. The van der Waals surface area contributed by atoms with Crippen molar-refractivity contribution in [3.63, 3.8) is 0 Å². The van der Waals surface area contributed by atoms with Crippen molar-refractivity contribution in [2.24, 2.45) is 0 Å². The molecule has 1 N–H and O–H groups in total. The summed E-state index contributed by atoms with van der Waals surface area (Å²) in [5.41, 5.74) is 1.08. The molecule has 6 nitrogen and oxygen atoms in total. The van der Waals surface area contributed by atoms with Crippen LogP contribution in [-0.4, -0.2) is 20.1 Å². The Hall–Kier alpha value is -2.93. The smallest absolute Gasteiger partial charge is 0.291 e. The number of amides is 1. The van der Waals surface area contributed by atoms with Crippen LogP contribution in [0.25, 0.3) is 15.7 Å². The fourth-order valence-corrected chi connectivity index (χ4v) is 5.16. The van der Waals surface area contributed by atoms with Crippen molar-refractivity contribution in [1.29, 1.82) is 0 Å². The minimum absolute atomic E-state index is 0.0806. The Morgan fingerprint density at radius 2 is 1.96 bits per heavy atom. The Kier molecular flexibility index (Phi) is 4.05. The van der Waals surface area contributed by atoms with Crippen LogP contribution in [0, 0.1) is 0 Å². The van der Waals surface area contributed by atoms with Crippen LogP contribution in [0.15, 0.2) is 59.0 Å². The highest BCUT2D eigenvalue weighted by Gasteiger charge is 2.36. The van der Waals surface area contributed by atoms with E-state index >= 15 is 0 Å². The summed E-state index contributed by atoms with van der Waals surface area (Å²) in [5.74, 6) is -0.182. The number of rotatable bonds is 4. The van der Waals surface area contributed by atoms with E-state index in [0.717, 1.165) is 41.5 Å². The van der Waals surface area contributed by atoms with E-state index in [1.54, 1.807) is 22.1 Å². The third kappa shape index (κ3) is 2.74. The highest BCUT2D eigenvalue weighted by molar-refractivity contribution is 7.16. The van der Waals surface area contributed by atoms with Crippen LogP contribution in [0.5, 0.6) is 0 Å². The monoisotopic (exact) mass is 392 g/mol. The number of carbonyl (C=O) groups is 1. The predicted molar refractivity (Wildman–Crippen MR) is 110 cm³/mol. The van der Waals surface area contributed by atoms with E-state index < -0.39 is 0 Å². The highest BCUT2D eigenvalue weighted by Crippen LogP contribution is 2.38. The van der Waals surface area contributed by atoms with Gasteiger partial charge in [0, 0.05) is 5.39 Å². The van der Waals surface area contributed by atoms with Gasteiger partial charge in [0.15, 0.2) is 0 Å². The van der Waals surface area contributed by atoms with Gasteiger partial charge in [-0.05, 0) is 35.9 Å². The maximum absolute atomic E-state index is 12.8. The highest BCUT2D eigenvalue weighted by atomic mass is 32.1. The molecule has 1 saturated carbocycles. The van der Waals surface area contributed by atoms with Crippen LogP contribution in [0.1, 0.15) is 31.2 Å². The van der Waals surface area contributed by atoms with Gasteiger partial charge in [-0.1, -0.05) is 43.2 Å². The molecular weight excluding hydrogens is 372 g/mol. The summed E-state index contributed by atoms with van der Waals surface area (Å²) in [5, 5.41) is 10.4.